The molecule has 2 heterocycles. The third-order valence-corrected chi connectivity index (χ3v) is 3.45. The van der Waals surface area contributed by atoms with Crippen LogP contribution in [-0.4, -0.2) is 29.2 Å². The van der Waals surface area contributed by atoms with Crippen LogP contribution >= 0.6 is 0 Å². The molecule has 1 aliphatic heterocycles. The summed E-state index contributed by atoms with van der Waals surface area (Å²) < 4.78 is 5.15. The summed E-state index contributed by atoms with van der Waals surface area (Å²) in [6.07, 6.45) is 3.48. The highest BCUT2D eigenvalue weighted by atomic mass is 16.5. The Balaban J connectivity index is 1.81. The highest BCUT2D eigenvalue weighted by Crippen LogP contribution is 2.23. The van der Waals surface area contributed by atoms with Crippen LogP contribution in [0.3, 0.4) is 0 Å². The number of nitrogens with two attached hydrogens (primary N) is 1. The van der Waals surface area contributed by atoms with Crippen LogP contribution in [0.4, 0.5) is 5.82 Å². The Morgan fingerprint density at radius 2 is 2.19 bits per heavy atom. The number of hydrogen-bond acceptors (Lipinski definition) is 4. The zero-order chi connectivity index (χ0) is 11.5. The molecule has 0 bridgehead atoms. The molecule has 1 aliphatic rings. The van der Waals surface area contributed by atoms with Gasteiger partial charge in [-0.25, -0.2) is 0 Å². The summed E-state index contributed by atoms with van der Waals surface area (Å²) in [7, 11) is 0. The van der Waals surface area contributed by atoms with Gasteiger partial charge < -0.3 is 15.2 Å². The van der Waals surface area contributed by atoms with E-state index in [2.05, 4.69) is 23.9 Å². The summed E-state index contributed by atoms with van der Waals surface area (Å²) in [5, 5.41) is 3.72. The number of likely N-dealkylation sites (tertiary alicyclic amines) is 1. The molecule has 0 aliphatic carbocycles. The van der Waals surface area contributed by atoms with Crippen LogP contribution < -0.4 is 5.73 Å². The predicted molar refractivity (Wildman–Crippen MR) is 64.1 cm³/mol. The summed E-state index contributed by atoms with van der Waals surface area (Å²) in [5.74, 6) is 2.15. The first kappa shape index (κ1) is 11.5. The molecule has 0 radical (unpaired) electrons. The molecule has 1 fully saturated rings. The van der Waals surface area contributed by atoms with Crippen LogP contribution in [0.15, 0.2) is 10.6 Å². The molecule has 1 saturated heterocycles. The Morgan fingerprint density at radius 1 is 1.50 bits per heavy atom. The quantitative estimate of drug-likeness (QED) is 0.850. The maximum absolute atomic E-state index is 5.53. The summed E-state index contributed by atoms with van der Waals surface area (Å²) in [5.41, 5.74) is 5.53. The summed E-state index contributed by atoms with van der Waals surface area (Å²) in [4.78, 5) is 2.53. The molecule has 0 saturated carbocycles. The molecule has 1 aromatic heterocycles. The van der Waals surface area contributed by atoms with Gasteiger partial charge in [-0.05, 0) is 45.7 Å². The Labute approximate surface area is 96.8 Å². The van der Waals surface area contributed by atoms with E-state index in [1.807, 2.05) is 6.07 Å². The first-order valence-electron chi connectivity index (χ1n) is 6.10. The van der Waals surface area contributed by atoms with Gasteiger partial charge in [-0.15, -0.1) is 0 Å². The lowest BCUT2D eigenvalue weighted by molar-refractivity contribution is 0.146. The van der Waals surface area contributed by atoms with Crippen molar-refractivity contribution in [2.75, 3.05) is 18.8 Å². The molecule has 16 heavy (non-hydrogen) atoms. The lowest BCUT2D eigenvalue weighted by atomic mass is 9.92. The van der Waals surface area contributed by atoms with Crippen LogP contribution in [-0.2, 0) is 6.42 Å². The molecule has 2 rings (SSSR count). The van der Waals surface area contributed by atoms with Gasteiger partial charge in [0.2, 0.25) is 0 Å². The average Bonchev–Trinajstić information content (AvgIpc) is 2.65. The number of hydrogen-bond donors (Lipinski definition) is 1. The fraction of sp³-hybridized carbons (Fsp3) is 0.750. The Bertz CT molecular complexity index is 327. The number of nitrogen functional groups attached to an aromatic ring is 1. The molecule has 0 atom stereocenters. The first-order chi connectivity index (χ1) is 7.65. The molecule has 2 N–H and O–H groups in total. The summed E-state index contributed by atoms with van der Waals surface area (Å²) in [6.45, 7) is 6.92. The van der Waals surface area contributed by atoms with Crippen LogP contribution in [0.5, 0.6) is 0 Å². The van der Waals surface area contributed by atoms with E-state index in [1.165, 1.54) is 25.9 Å². The van der Waals surface area contributed by atoms with E-state index < -0.39 is 0 Å². The fourth-order valence-corrected chi connectivity index (χ4v) is 2.38. The summed E-state index contributed by atoms with van der Waals surface area (Å²) in [6, 6.07) is 2.51. The maximum atomic E-state index is 5.53. The minimum atomic E-state index is 0.495. The van der Waals surface area contributed by atoms with E-state index in [4.69, 9.17) is 10.3 Å². The summed E-state index contributed by atoms with van der Waals surface area (Å²) >= 11 is 0. The monoisotopic (exact) mass is 223 g/mol. The molecule has 90 valence electrons. The first-order valence-corrected chi connectivity index (χ1v) is 6.10. The van der Waals surface area contributed by atoms with Gasteiger partial charge >= 0.3 is 0 Å². The molecule has 0 unspecified atom stereocenters. The lowest BCUT2D eigenvalue weighted by Gasteiger charge is -2.34. The number of anilines is 1. The van der Waals surface area contributed by atoms with Gasteiger partial charge in [-0.1, -0.05) is 5.16 Å². The van der Waals surface area contributed by atoms with Crippen LogP contribution in [0.25, 0.3) is 0 Å². The van der Waals surface area contributed by atoms with Crippen molar-refractivity contribution in [3.05, 3.63) is 11.8 Å². The molecule has 4 nitrogen and oxygen atoms in total. The number of aromatic nitrogens is 1. The molecular formula is C12H21N3O. The number of rotatable bonds is 3. The van der Waals surface area contributed by atoms with Crippen molar-refractivity contribution in [3.63, 3.8) is 0 Å². The lowest BCUT2D eigenvalue weighted by Crippen LogP contribution is -2.38. The van der Waals surface area contributed by atoms with E-state index in [0.29, 0.717) is 11.9 Å². The molecule has 0 aromatic carbocycles. The fourth-order valence-electron chi connectivity index (χ4n) is 2.38. The maximum Gasteiger partial charge on any atom is 0.167 e. The third kappa shape index (κ3) is 2.76. The van der Waals surface area contributed by atoms with E-state index in [-0.39, 0.29) is 0 Å². The van der Waals surface area contributed by atoms with Crippen molar-refractivity contribution in [1.82, 2.24) is 10.1 Å². The molecule has 4 heteroatoms. The van der Waals surface area contributed by atoms with E-state index in [9.17, 15) is 0 Å². The van der Waals surface area contributed by atoms with E-state index >= 15 is 0 Å². The van der Waals surface area contributed by atoms with Crippen molar-refractivity contribution in [3.8, 4) is 0 Å². The molecular weight excluding hydrogens is 202 g/mol. The van der Waals surface area contributed by atoms with Crippen molar-refractivity contribution >= 4 is 5.82 Å². The van der Waals surface area contributed by atoms with Crippen LogP contribution in [0, 0.1) is 5.92 Å². The van der Waals surface area contributed by atoms with Crippen molar-refractivity contribution in [2.24, 2.45) is 5.92 Å². The van der Waals surface area contributed by atoms with Crippen molar-refractivity contribution < 1.29 is 4.52 Å². The average molecular weight is 223 g/mol. The van der Waals surface area contributed by atoms with E-state index in [0.717, 1.165) is 18.1 Å². The van der Waals surface area contributed by atoms with Crippen molar-refractivity contribution in [2.45, 2.75) is 39.2 Å². The second-order valence-corrected chi connectivity index (χ2v) is 5.00. The highest BCUT2D eigenvalue weighted by Gasteiger charge is 2.22. The Kier molecular flexibility index (Phi) is 3.49. The van der Waals surface area contributed by atoms with Crippen LogP contribution in [0.2, 0.25) is 0 Å². The zero-order valence-corrected chi connectivity index (χ0v) is 10.1. The van der Waals surface area contributed by atoms with Gasteiger partial charge in [-0.2, -0.15) is 0 Å². The predicted octanol–water partition coefficient (Wildman–Crippen LogP) is 1.92. The van der Waals surface area contributed by atoms with Gasteiger partial charge in [0.25, 0.3) is 0 Å². The molecule has 0 spiro atoms. The molecule has 1 aromatic rings. The van der Waals surface area contributed by atoms with Gasteiger partial charge in [0.1, 0.15) is 5.76 Å². The topological polar surface area (TPSA) is 55.3 Å². The van der Waals surface area contributed by atoms with Crippen molar-refractivity contribution in [1.29, 1.82) is 0 Å². The largest absolute Gasteiger partial charge is 0.381 e. The normalized spacial score (nSPS) is 19.4. The second kappa shape index (κ2) is 4.87. The molecule has 0 amide bonds. The highest BCUT2D eigenvalue weighted by molar-refractivity contribution is 5.26. The second-order valence-electron chi connectivity index (χ2n) is 5.00. The van der Waals surface area contributed by atoms with Crippen LogP contribution in [0.1, 0.15) is 32.4 Å². The van der Waals surface area contributed by atoms with Gasteiger partial charge in [-0.3, -0.25) is 0 Å². The zero-order valence-electron chi connectivity index (χ0n) is 10.1. The number of nitrogens with zero attached hydrogens (tertiary/aromatic N) is 2. The minimum absolute atomic E-state index is 0.495. The van der Waals surface area contributed by atoms with Gasteiger partial charge in [0.15, 0.2) is 5.82 Å². The number of piperidine rings is 1. The Hall–Kier alpha value is -1.03. The smallest absolute Gasteiger partial charge is 0.167 e. The van der Waals surface area contributed by atoms with Gasteiger partial charge in [0.05, 0.1) is 0 Å². The Morgan fingerprint density at radius 3 is 2.69 bits per heavy atom. The SMILES string of the molecule is CC(C)N1CCC(Cc2cc(N)no2)CC1. The third-order valence-electron chi connectivity index (χ3n) is 3.45. The van der Waals surface area contributed by atoms with E-state index in [1.54, 1.807) is 0 Å². The van der Waals surface area contributed by atoms with Gasteiger partial charge in [0, 0.05) is 18.5 Å². The minimum Gasteiger partial charge on any atom is -0.381 e. The standard InChI is InChI=1S/C12H21N3O/c1-9(2)15-5-3-10(4-6-15)7-11-8-12(13)14-16-11/h8-10H,3-7H2,1-2H3,(H2,13,14).